The van der Waals surface area contributed by atoms with Crippen LogP contribution < -0.4 is 11.3 Å². The predicted molar refractivity (Wildman–Crippen MR) is 62.3 cm³/mol. The van der Waals surface area contributed by atoms with E-state index in [2.05, 4.69) is 25.9 Å². The topological polar surface area (TPSA) is 94.5 Å². The van der Waals surface area contributed by atoms with E-state index in [9.17, 15) is 0 Å². The van der Waals surface area contributed by atoms with E-state index in [1.165, 1.54) is 11.8 Å². The van der Waals surface area contributed by atoms with Gasteiger partial charge in [-0.3, -0.25) is 0 Å². The standard InChI is InChI=1S/C9H11N7S/c10-12-7-2-1-3-8(11-7)17-9-13-14-15-16(9)6-4-5-6/h1-3,6H,4-5,10H2,(H,11,12). The fourth-order valence-electron chi connectivity index (χ4n) is 1.45. The summed E-state index contributed by atoms with van der Waals surface area (Å²) in [6.45, 7) is 0. The molecule has 2 heterocycles. The number of rotatable bonds is 4. The Morgan fingerprint density at radius 2 is 2.29 bits per heavy atom. The average molecular weight is 249 g/mol. The largest absolute Gasteiger partial charge is 0.308 e. The van der Waals surface area contributed by atoms with E-state index in [0.717, 1.165) is 23.0 Å². The number of anilines is 1. The molecule has 0 unspecified atom stereocenters. The van der Waals surface area contributed by atoms with Gasteiger partial charge in [-0.25, -0.2) is 15.5 Å². The van der Waals surface area contributed by atoms with Crippen molar-refractivity contribution in [3.05, 3.63) is 18.2 Å². The summed E-state index contributed by atoms with van der Waals surface area (Å²) in [5.41, 5.74) is 2.51. The SMILES string of the molecule is NNc1cccc(Sc2nnnn2C2CC2)n1. The Bertz CT molecular complexity index is 522. The molecule has 3 rings (SSSR count). The Kier molecular flexibility index (Phi) is 2.65. The number of hydrazine groups is 1. The normalized spacial score (nSPS) is 14.9. The van der Waals surface area contributed by atoms with Crippen molar-refractivity contribution in [1.29, 1.82) is 0 Å². The third-order valence-corrected chi connectivity index (χ3v) is 3.31. The van der Waals surface area contributed by atoms with Gasteiger partial charge in [0.2, 0.25) is 5.16 Å². The molecule has 2 aromatic rings. The average Bonchev–Trinajstić information content (AvgIpc) is 3.11. The van der Waals surface area contributed by atoms with Gasteiger partial charge in [0.1, 0.15) is 10.8 Å². The lowest BCUT2D eigenvalue weighted by atomic mass is 10.5. The molecule has 0 spiro atoms. The Labute approximate surface area is 102 Å². The second-order valence-electron chi connectivity index (χ2n) is 3.74. The maximum Gasteiger partial charge on any atom is 0.215 e. The highest BCUT2D eigenvalue weighted by Gasteiger charge is 2.28. The number of hydrogen-bond donors (Lipinski definition) is 2. The van der Waals surface area contributed by atoms with Gasteiger partial charge in [-0.1, -0.05) is 6.07 Å². The molecule has 0 aromatic carbocycles. The Morgan fingerprint density at radius 1 is 1.41 bits per heavy atom. The zero-order valence-electron chi connectivity index (χ0n) is 8.95. The number of hydrogen-bond acceptors (Lipinski definition) is 7. The van der Waals surface area contributed by atoms with Gasteiger partial charge in [-0.2, -0.15) is 0 Å². The van der Waals surface area contributed by atoms with Gasteiger partial charge in [0.05, 0.1) is 6.04 Å². The van der Waals surface area contributed by atoms with Gasteiger partial charge < -0.3 is 5.43 Å². The van der Waals surface area contributed by atoms with E-state index < -0.39 is 0 Å². The summed E-state index contributed by atoms with van der Waals surface area (Å²) in [6.07, 6.45) is 2.30. The molecule has 17 heavy (non-hydrogen) atoms. The summed E-state index contributed by atoms with van der Waals surface area (Å²) in [5.74, 6) is 5.94. The third-order valence-electron chi connectivity index (χ3n) is 2.42. The minimum atomic E-state index is 0.461. The summed E-state index contributed by atoms with van der Waals surface area (Å²) in [6, 6.07) is 6.05. The molecule has 0 amide bonds. The van der Waals surface area contributed by atoms with Crippen LogP contribution in [0.4, 0.5) is 5.82 Å². The fraction of sp³-hybridized carbons (Fsp3) is 0.333. The quantitative estimate of drug-likeness (QED) is 0.612. The summed E-state index contributed by atoms with van der Waals surface area (Å²) in [7, 11) is 0. The van der Waals surface area contributed by atoms with Crippen LogP contribution in [0, 0.1) is 0 Å². The van der Waals surface area contributed by atoms with Crippen molar-refractivity contribution in [1.82, 2.24) is 25.2 Å². The van der Waals surface area contributed by atoms with Crippen LogP contribution in [0.5, 0.6) is 0 Å². The minimum Gasteiger partial charge on any atom is -0.308 e. The van der Waals surface area contributed by atoms with Gasteiger partial charge in [-0.05, 0) is 47.2 Å². The van der Waals surface area contributed by atoms with Crippen molar-refractivity contribution in [2.75, 3.05) is 5.43 Å². The van der Waals surface area contributed by atoms with Crippen LogP contribution in [0.1, 0.15) is 18.9 Å². The maximum atomic E-state index is 5.31. The summed E-state index contributed by atoms with van der Waals surface area (Å²) < 4.78 is 1.86. The van der Waals surface area contributed by atoms with Gasteiger partial charge in [0.25, 0.3) is 0 Å². The van der Waals surface area contributed by atoms with E-state index in [4.69, 9.17) is 5.84 Å². The second kappa shape index (κ2) is 4.30. The first-order chi connectivity index (χ1) is 8.36. The molecule has 2 aromatic heterocycles. The molecule has 1 saturated carbocycles. The molecule has 88 valence electrons. The minimum absolute atomic E-state index is 0.461. The van der Waals surface area contributed by atoms with Gasteiger partial charge in [-0.15, -0.1) is 5.10 Å². The monoisotopic (exact) mass is 249 g/mol. The van der Waals surface area contributed by atoms with E-state index in [1.54, 1.807) is 6.07 Å². The molecule has 1 aliphatic carbocycles. The number of pyridine rings is 1. The smallest absolute Gasteiger partial charge is 0.215 e. The molecule has 0 bridgehead atoms. The van der Waals surface area contributed by atoms with Crippen molar-refractivity contribution in [3.8, 4) is 0 Å². The summed E-state index contributed by atoms with van der Waals surface area (Å²) >= 11 is 1.44. The number of nitrogens with one attached hydrogen (secondary N) is 1. The summed E-state index contributed by atoms with van der Waals surface area (Å²) in [4.78, 5) is 4.30. The Balaban J connectivity index is 1.83. The number of nitrogens with two attached hydrogens (primary N) is 1. The molecule has 1 fully saturated rings. The lowest BCUT2D eigenvalue weighted by Gasteiger charge is -2.03. The highest BCUT2D eigenvalue weighted by atomic mass is 32.2. The number of nitrogens with zero attached hydrogens (tertiary/aromatic N) is 5. The molecule has 7 nitrogen and oxygen atoms in total. The predicted octanol–water partition coefficient (Wildman–Crippen LogP) is 0.840. The highest BCUT2D eigenvalue weighted by molar-refractivity contribution is 7.99. The van der Waals surface area contributed by atoms with E-state index >= 15 is 0 Å². The number of aromatic nitrogens is 5. The molecule has 1 aliphatic rings. The Morgan fingerprint density at radius 3 is 3.06 bits per heavy atom. The second-order valence-corrected chi connectivity index (χ2v) is 4.73. The molecule has 0 radical (unpaired) electrons. The van der Waals surface area contributed by atoms with Gasteiger partial charge >= 0.3 is 0 Å². The summed E-state index contributed by atoms with van der Waals surface area (Å²) in [5, 5.41) is 13.3. The van der Waals surface area contributed by atoms with Crippen LogP contribution in [-0.4, -0.2) is 25.2 Å². The zero-order valence-corrected chi connectivity index (χ0v) is 9.76. The first-order valence-corrected chi connectivity index (χ1v) is 6.08. The van der Waals surface area contributed by atoms with Crippen molar-refractivity contribution < 1.29 is 0 Å². The first kappa shape index (κ1) is 10.5. The van der Waals surface area contributed by atoms with Crippen LogP contribution in [0.2, 0.25) is 0 Å². The molecular weight excluding hydrogens is 238 g/mol. The maximum absolute atomic E-state index is 5.31. The molecule has 8 heteroatoms. The van der Waals surface area contributed by atoms with Crippen LogP contribution in [0.15, 0.2) is 28.4 Å². The van der Waals surface area contributed by atoms with Crippen molar-refractivity contribution in [2.45, 2.75) is 29.1 Å². The van der Waals surface area contributed by atoms with Crippen LogP contribution in [-0.2, 0) is 0 Å². The molecule has 0 saturated heterocycles. The fourth-order valence-corrected chi connectivity index (χ4v) is 2.28. The van der Waals surface area contributed by atoms with E-state index in [1.807, 2.05) is 16.8 Å². The van der Waals surface area contributed by atoms with E-state index in [0.29, 0.717) is 11.9 Å². The number of tetrazole rings is 1. The van der Waals surface area contributed by atoms with Crippen LogP contribution in [0.3, 0.4) is 0 Å². The molecule has 3 N–H and O–H groups in total. The molecule has 0 aliphatic heterocycles. The van der Waals surface area contributed by atoms with Gasteiger partial charge in [0, 0.05) is 0 Å². The van der Waals surface area contributed by atoms with Crippen molar-refractivity contribution in [3.63, 3.8) is 0 Å². The lowest BCUT2D eigenvalue weighted by molar-refractivity contribution is 0.565. The van der Waals surface area contributed by atoms with Crippen molar-refractivity contribution >= 4 is 17.6 Å². The Hall–Kier alpha value is -1.67. The van der Waals surface area contributed by atoms with Crippen LogP contribution >= 0.6 is 11.8 Å². The third kappa shape index (κ3) is 2.22. The molecular formula is C9H11N7S. The highest BCUT2D eigenvalue weighted by Crippen LogP contribution is 2.37. The van der Waals surface area contributed by atoms with E-state index in [-0.39, 0.29) is 0 Å². The van der Waals surface area contributed by atoms with Crippen molar-refractivity contribution in [2.24, 2.45) is 5.84 Å². The first-order valence-electron chi connectivity index (χ1n) is 5.26. The lowest BCUT2D eigenvalue weighted by Crippen LogP contribution is -2.08. The van der Waals surface area contributed by atoms with Gasteiger partial charge in [0.15, 0.2) is 0 Å². The van der Waals surface area contributed by atoms with Crippen LogP contribution in [0.25, 0.3) is 0 Å². The molecule has 0 atom stereocenters. The zero-order chi connectivity index (χ0) is 11.7. The number of nitrogen functional groups attached to an aromatic ring is 1.